The number of aromatic nitrogens is 1. The van der Waals surface area contributed by atoms with Crippen molar-refractivity contribution >= 4 is 21.9 Å². The van der Waals surface area contributed by atoms with Gasteiger partial charge < -0.3 is 4.98 Å². The van der Waals surface area contributed by atoms with Gasteiger partial charge in [0.25, 0.3) is 0 Å². The maximum absolute atomic E-state index is 10.9. The molecule has 3 nitrogen and oxygen atoms in total. The summed E-state index contributed by atoms with van der Waals surface area (Å²) in [5.74, 6) is 0. The number of nitrogens with one attached hydrogen (secondary N) is 1. The fraction of sp³-hybridized carbons (Fsp3) is 0. The molecule has 62 valence electrons. The van der Waals surface area contributed by atoms with Crippen molar-refractivity contribution in [2.24, 2.45) is 5.14 Å². The average Bonchev–Trinajstić information content (AvgIpc) is 2.46. The van der Waals surface area contributed by atoms with Crippen LogP contribution in [0, 0.1) is 0 Å². The minimum Gasteiger partial charge on any atom is -0.347 e. The zero-order valence-corrected chi connectivity index (χ0v) is 7.10. The van der Waals surface area contributed by atoms with E-state index in [4.69, 9.17) is 5.14 Å². The topological polar surface area (TPSA) is 58.9 Å². The summed E-state index contributed by atoms with van der Waals surface area (Å²) in [6, 6.07) is 9.51. The molecule has 12 heavy (non-hydrogen) atoms. The number of rotatable bonds is 1. The van der Waals surface area contributed by atoms with Crippen molar-refractivity contribution in [1.82, 2.24) is 4.98 Å². The normalized spacial score (nSPS) is 13.4. The Morgan fingerprint density at radius 1 is 1.33 bits per heavy atom. The molecule has 0 amide bonds. The van der Waals surface area contributed by atoms with Gasteiger partial charge in [0, 0.05) is 10.9 Å². The van der Waals surface area contributed by atoms with Gasteiger partial charge in [0.05, 0.1) is 0 Å². The van der Waals surface area contributed by atoms with Crippen molar-refractivity contribution in [3.8, 4) is 0 Å². The van der Waals surface area contributed by atoms with Gasteiger partial charge in [-0.15, -0.1) is 0 Å². The van der Waals surface area contributed by atoms with Crippen molar-refractivity contribution in [1.29, 1.82) is 0 Å². The van der Waals surface area contributed by atoms with Crippen LogP contribution in [0.2, 0.25) is 0 Å². The Kier molecular flexibility index (Phi) is 1.71. The molecule has 1 heterocycles. The van der Waals surface area contributed by atoms with Crippen LogP contribution in [0.1, 0.15) is 0 Å². The highest BCUT2D eigenvalue weighted by Crippen LogP contribution is 2.15. The monoisotopic (exact) mass is 180 g/mol. The molecule has 0 bridgehead atoms. The maximum atomic E-state index is 10.9. The van der Waals surface area contributed by atoms with Gasteiger partial charge in [-0.1, -0.05) is 18.2 Å². The molecule has 0 aliphatic rings. The number of aromatic amines is 1. The highest BCUT2D eigenvalue weighted by atomic mass is 32.2. The van der Waals surface area contributed by atoms with Crippen LogP contribution in [0.4, 0.5) is 0 Å². The SMILES string of the molecule is NS(=O)c1cc2ccccc2[nH]1. The molecule has 0 spiro atoms. The summed E-state index contributed by atoms with van der Waals surface area (Å²) in [6.07, 6.45) is 0. The lowest BCUT2D eigenvalue weighted by Crippen LogP contribution is -2.02. The molecule has 0 aliphatic carbocycles. The van der Waals surface area contributed by atoms with E-state index in [2.05, 4.69) is 4.98 Å². The molecule has 1 aromatic carbocycles. The van der Waals surface area contributed by atoms with Gasteiger partial charge >= 0.3 is 0 Å². The van der Waals surface area contributed by atoms with Gasteiger partial charge in [0.1, 0.15) is 16.0 Å². The fourth-order valence-electron chi connectivity index (χ4n) is 1.16. The van der Waals surface area contributed by atoms with E-state index in [0.29, 0.717) is 5.03 Å². The molecule has 2 rings (SSSR count). The number of para-hydroxylation sites is 1. The number of hydrogen-bond acceptors (Lipinski definition) is 1. The van der Waals surface area contributed by atoms with E-state index in [-0.39, 0.29) is 0 Å². The Hall–Kier alpha value is -1.13. The molecule has 0 saturated carbocycles. The quantitative estimate of drug-likeness (QED) is 0.679. The van der Waals surface area contributed by atoms with Gasteiger partial charge in [-0.2, -0.15) is 0 Å². The van der Waals surface area contributed by atoms with Crippen molar-refractivity contribution in [3.63, 3.8) is 0 Å². The summed E-state index contributed by atoms with van der Waals surface area (Å²) in [6.45, 7) is 0. The zero-order valence-electron chi connectivity index (χ0n) is 6.28. The van der Waals surface area contributed by atoms with E-state index in [9.17, 15) is 4.21 Å². The fourth-order valence-corrected chi connectivity index (χ4v) is 1.61. The first-order valence-electron chi connectivity index (χ1n) is 3.51. The highest BCUT2D eigenvalue weighted by molar-refractivity contribution is 7.82. The third-order valence-corrected chi connectivity index (χ3v) is 2.38. The van der Waals surface area contributed by atoms with Crippen LogP contribution < -0.4 is 5.14 Å². The molecule has 0 saturated heterocycles. The van der Waals surface area contributed by atoms with Crippen molar-refractivity contribution in [2.75, 3.05) is 0 Å². The third-order valence-electron chi connectivity index (χ3n) is 1.72. The summed E-state index contributed by atoms with van der Waals surface area (Å²) < 4.78 is 10.9. The zero-order chi connectivity index (χ0) is 8.55. The minimum absolute atomic E-state index is 0.566. The number of H-pyrrole nitrogens is 1. The first-order chi connectivity index (χ1) is 5.77. The van der Waals surface area contributed by atoms with Crippen LogP contribution in [0.15, 0.2) is 35.4 Å². The largest absolute Gasteiger partial charge is 0.347 e. The molecule has 0 fully saturated rings. The van der Waals surface area contributed by atoms with Crippen molar-refractivity contribution in [2.45, 2.75) is 5.03 Å². The second kappa shape index (κ2) is 2.73. The predicted molar refractivity (Wildman–Crippen MR) is 48.9 cm³/mol. The number of benzene rings is 1. The van der Waals surface area contributed by atoms with Gasteiger partial charge in [-0.3, -0.25) is 0 Å². The average molecular weight is 180 g/mol. The van der Waals surface area contributed by atoms with Crippen molar-refractivity contribution in [3.05, 3.63) is 30.3 Å². The van der Waals surface area contributed by atoms with E-state index in [1.165, 1.54) is 0 Å². The molecule has 0 radical (unpaired) electrons. The molecule has 1 aromatic heterocycles. The Labute approximate surface area is 72.2 Å². The van der Waals surface area contributed by atoms with Crippen LogP contribution in [0.5, 0.6) is 0 Å². The summed E-state index contributed by atoms with van der Waals surface area (Å²) in [5, 5.41) is 6.82. The van der Waals surface area contributed by atoms with E-state index in [1.54, 1.807) is 6.07 Å². The van der Waals surface area contributed by atoms with Crippen LogP contribution in [-0.2, 0) is 11.0 Å². The summed E-state index contributed by atoms with van der Waals surface area (Å²) in [5.41, 5.74) is 0.964. The number of nitrogens with two attached hydrogens (primary N) is 1. The second-order valence-corrected chi connectivity index (χ2v) is 3.55. The van der Waals surface area contributed by atoms with Gasteiger partial charge in [0.15, 0.2) is 0 Å². The summed E-state index contributed by atoms with van der Waals surface area (Å²) in [7, 11) is -1.42. The van der Waals surface area contributed by atoms with Crippen LogP contribution in [0.3, 0.4) is 0 Å². The molecule has 3 N–H and O–H groups in total. The lowest BCUT2D eigenvalue weighted by atomic mass is 10.3. The standard InChI is InChI=1S/C8H8N2OS/c9-12(11)8-5-6-3-1-2-4-7(6)10-8/h1-5,10H,9H2. The van der Waals surface area contributed by atoms with Gasteiger partial charge in [-0.25, -0.2) is 9.35 Å². The lowest BCUT2D eigenvalue weighted by Gasteiger charge is -1.85. The summed E-state index contributed by atoms with van der Waals surface area (Å²) in [4.78, 5) is 2.97. The van der Waals surface area contributed by atoms with Crippen LogP contribution in [-0.4, -0.2) is 9.19 Å². The molecule has 1 unspecified atom stereocenters. The minimum atomic E-state index is -1.42. The van der Waals surface area contributed by atoms with Crippen LogP contribution in [0.25, 0.3) is 10.9 Å². The summed E-state index contributed by atoms with van der Waals surface area (Å²) >= 11 is 0. The third kappa shape index (κ3) is 1.15. The lowest BCUT2D eigenvalue weighted by molar-refractivity contribution is 0.682. The predicted octanol–water partition coefficient (Wildman–Crippen LogP) is 1.15. The van der Waals surface area contributed by atoms with E-state index >= 15 is 0 Å². The molecule has 0 aliphatic heterocycles. The van der Waals surface area contributed by atoms with Gasteiger partial charge in [-0.05, 0) is 12.1 Å². The Bertz CT molecular complexity index is 402. The molecule has 4 heteroatoms. The van der Waals surface area contributed by atoms with Crippen LogP contribution >= 0.6 is 0 Å². The molecule has 1 atom stereocenters. The Morgan fingerprint density at radius 2 is 2.08 bits per heavy atom. The number of fused-ring (bicyclic) bond motifs is 1. The van der Waals surface area contributed by atoms with Crippen molar-refractivity contribution < 1.29 is 4.21 Å². The maximum Gasteiger partial charge on any atom is 0.139 e. The smallest absolute Gasteiger partial charge is 0.139 e. The Morgan fingerprint density at radius 3 is 2.75 bits per heavy atom. The second-order valence-electron chi connectivity index (χ2n) is 2.52. The Balaban J connectivity index is 2.70. The number of hydrogen-bond donors (Lipinski definition) is 2. The molecular formula is C8H8N2OS. The molecular weight excluding hydrogens is 172 g/mol. The van der Waals surface area contributed by atoms with Gasteiger partial charge in [0.2, 0.25) is 0 Å². The van der Waals surface area contributed by atoms with E-state index in [1.807, 2.05) is 24.3 Å². The molecule has 2 aromatic rings. The highest BCUT2D eigenvalue weighted by Gasteiger charge is 2.01. The first-order valence-corrected chi connectivity index (χ1v) is 4.72. The van der Waals surface area contributed by atoms with E-state index < -0.39 is 11.0 Å². The van der Waals surface area contributed by atoms with E-state index in [0.717, 1.165) is 10.9 Å². The first kappa shape index (κ1) is 7.52.